The molecule has 0 saturated heterocycles. The van der Waals surface area contributed by atoms with Crippen LogP contribution in [0, 0.1) is 5.82 Å². The number of hydrogen-bond acceptors (Lipinski definition) is 7. The lowest BCUT2D eigenvalue weighted by atomic mass is 9.99. The van der Waals surface area contributed by atoms with Crippen molar-refractivity contribution in [3.8, 4) is 16.9 Å². The number of furan rings is 1. The Morgan fingerprint density at radius 2 is 1.91 bits per heavy atom. The number of nitrogens with zero attached hydrogens (tertiary/aromatic N) is 1. The summed E-state index contributed by atoms with van der Waals surface area (Å²) in [5.41, 5.74) is 0.818. The van der Waals surface area contributed by atoms with Crippen molar-refractivity contribution < 1.29 is 31.9 Å². The van der Waals surface area contributed by atoms with Gasteiger partial charge in [-0.25, -0.2) is 17.6 Å². The first-order valence-electron chi connectivity index (χ1n) is 11.1. The maximum atomic E-state index is 14.0. The average Bonchev–Trinajstić information content (AvgIpc) is 3.36. The number of esters is 1. The van der Waals surface area contributed by atoms with Crippen molar-refractivity contribution in [1.29, 1.82) is 0 Å². The topological polar surface area (TPSA) is 97.0 Å². The molecule has 1 aromatic heterocycles. The van der Waals surface area contributed by atoms with Crippen molar-refractivity contribution in [2.45, 2.75) is 24.5 Å². The summed E-state index contributed by atoms with van der Waals surface area (Å²) < 4.78 is 50.7. The predicted octanol–water partition coefficient (Wildman–Crippen LogP) is 4.91. The van der Waals surface area contributed by atoms with Crippen LogP contribution in [-0.2, 0) is 20.3 Å². The summed E-state index contributed by atoms with van der Waals surface area (Å²) in [6.45, 7) is 6.26. The van der Waals surface area contributed by atoms with Crippen LogP contribution in [0.25, 0.3) is 17.2 Å². The van der Waals surface area contributed by atoms with Gasteiger partial charge in [0.25, 0.3) is 0 Å². The first-order valence-corrected chi connectivity index (χ1v) is 12.7. The van der Waals surface area contributed by atoms with Crippen LogP contribution < -0.4 is 0 Å². The summed E-state index contributed by atoms with van der Waals surface area (Å²) in [5.74, 6) is -2.45. The van der Waals surface area contributed by atoms with E-state index in [1.54, 1.807) is 18.2 Å². The molecule has 3 aromatic rings. The molecular weight excluding hydrogens is 473 g/mol. The van der Waals surface area contributed by atoms with Gasteiger partial charge in [-0.05, 0) is 48.5 Å². The van der Waals surface area contributed by atoms with Crippen LogP contribution in [0.2, 0.25) is 0 Å². The van der Waals surface area contributed by atoms with Gasteiger partial charge < -0.3 is 19.2 Å². The Kier molecular flexibility index (Phi) is 8.48. The van der Waals surface area contributed by atoms with Crippen molar-refractivity contribution in [2.75, 3.05) is 26.7 Å². The Morgan fingerprint density at radius 3 is 2.54 bits per heavy atom. The van der Waals surface area contributed by atoms with E-state index in [1.807, 2.05) is 13.8 Å². The minimum Gasteiger partial charge on any atom is -0.506 e. The number of hydrogen-bond donors (Lipinski definition) is 1. The number of rotatable bonds is 10. The number of sulfone groups is 1. The van der Waals surface area contributed by atoms with Crippen LogP contribution in [-0.4, -0.2) is 51.1 Å². The lowest BCUT2D eigenvalue weighted by molar-refractivity contribution is 0.0596. The standard InChI is InChI=1S/C26H28FNO6S/c1-4-28(5-2)13-6-7-18-15-21(27)9-11-23(18)35(31,32)17-20-8-10-22(19-12-14-34-16-19)25(29)24(20)26(30)33-3/h6-12,14-16,29H,4-5,13,17H2,1-3H3/b7-6-. The number of carbonyl (C=O) groups excluding carboxylic acids is 1. The van der Waals surface area contributed by atoms with Crippen LogP contribution in [0.5, 0.6) is 5.75 Å². The fourth-order valence-electron chi connectivity index (χ4n) is 3.76. The molecule has 2 aromatic carbocycles. The number of phenolic OH excluding ortho intramolecular Hbond substituents is 1. The van der Waals surface area contributed by atoms with Gasteiger partial charge in [-0.3, -0.25) is 0 Å². The van der Waals surface area contributed by atoms with Gasteiger partial charge in [0.15, 0.2) is 9.84 Å². The molecule has 3 rings (SSSR count). The molecule has 7 nitrogen and oxygen atoms in total. The van der Waals surface area contributed by atoms with Crippen LogP contribution in [0.15, 0.2) is 64.3 Å². The van der Waals surface area contributed by atoms with E-state index in [2.05, 4.69) is 4.90 Å². The van der Waals surface area contributed by atoms with Gasteiger partial charge in [0.05, 0.1) is 30.3 Å². The van der Waals surface area contributed by atoms with E-state index in [1.165, 1.54) is 30.7 Å². The lowest BCUT2D eigenvalue weighted by Crippen LogP contribution is -2.22. The summed E-state index contributed by atoms with van der Waals surface area (Å²) in [4.78, 5) is 14.5. The smallest absolute Gasteiger partial charge is 0.341 e. The summed E-state index contributed by atoms with van der Waals surface area (Å²) in [7, 11) is -2.90. The fraction of sp³-hybridized carbons (Fsp3) is 0.269. The number of likely N-dealkylation sites (N-methyl/N-ethyl adjacent to an activating group) is 1. The number of methoxy groups -OCH3 is 1. The quantitative estimate of drug-likeness (QED) is 0.312. The molecule has 186 valence electrons. The number of aromatic hydroxyl groups is 1. The normalized spacial score (nSPS) is 11.9. The first-order chi connectivity index (χ1) is 16.7. The maximum absolute atomic E-state index is 14.0. The summed E-state index contributed by atoms with van der Waals surface area (Å²) in [6, 6.07) is 8.00. The molecule has 0 aliphatic carbocycles. The van der Waals surface area contributed by atoms with E-state index in [-0.39, 0.29) is 21.6 Å². The Balaban J connectivity index is 2.03. The predicted molar refractivity (Wildman–Crippen MR) is 131 cm³/mol. The summed E-state index contributed by atoms with van der Waals surface area (Å²) in [6.07, 6.45) is 6.16. The van der Waals surface area contributed by atoms with Crippen LogP contribution >= 0.6 is 0 Å². The van der Waals surface area contributed by atoms with Gasteiger partial charge in [0, 0.05) is 17.7 Å². The minimum atomic E-state index is -4.04. The number of benzene rings is 2. The zero-order valence-corrected chi connectivity index (χ0v) is 20.6. The molecular formula is C26H28FNO6S. The highest BCUT2D eigenvalue weighted by Gasteiger charge is 2.26. The third-order valence-corrected chi connectivity index (χ3v) is 7.43. The van der Waals surface area contributed by atoms with E-state index in [0.29, 0.717) is 17.7 Å². The second kappa shape index (κ2) is 11.3. The third kappa shape index (κ3) is 5.98. The van der Waals surface area contributed by atoms with E-state index >= 15 is 0 Å². The zero-order chi connectivity index (χ0) is 25.6. The maximum Gasteiger partial charge on any atom is 0.341 e. The molecule has 1 N–H and O–H groups in total. The number of ether oxygens (including phenoxy) is 1. The Labute approximate surface area is 204 Å². The van der Waals surface area contributed by atoms with E-state index in [4.69, 9.17) is 9.15 Å². The van der Waals surface area contributed by atoms with Crippen molar-refractivity contribution in [3.63, 3.8) is 0 Å². The molecule has 0 amide bonds. The highest BCUT2D eigenvalue weighted by molar-refractivity contribution is 7.90. The molecule has 0 aliphatic heterocycles. The third-order valence-electron chi connectivity index (χ3n) is 5.69. The van der Waals surface area contributed by atoms with Crippen LogP contribution in [0.4, 0.5) is 4.39 Å². The second-order valence-corrected chi connectivity index (χ2v) is 9.79. The van der Waals surface area contributed by atoms with Crippen LogP contribution in [0.1, 0.15) is 35.3 Å². The molecule has 0 bridgehead atoms. The molecule has 0 fully saturated rings. The highest BCUT2D eigenvalue weighted by atomic mass is 32.2. The van der Waals surface area contributed by atoms with E-state index < -0.39 is 33.1 Å². The zero-order valence-electron chi connectivity index (χ0n) is 19.8. The van der Waals surface area contributed by atoms with Gasteiger partial charge in [-0.2, -0.15) is 0 Å². The molecule has 0 atom stereocenters. The number of phenols is 1. The highest BCUT2D eigenvalue weighted by Crippen LogP contribution is 2.36. The molecule has 9 heteroatoms. The minimum absolute atomic E-state index is 0.0593. The monoisotopic (exact) mass is 501 g/mol. The molecule has 35 heavy (non-hydrogen) atoms. The van der Waals surface area contributed by atoms with Gasteiger partial charge in [-0.15, -0.1) is 0 Å². The molecule has 0 aliphatic rings. The number of carbonyl (C=O) groups is 1. The van der Waals surface area contributed by atoms with Crippen LogP contribution in [0.3, 0.4) is 0 Å². The van der Waals surface area contributed by atoms with Gasteiger partial charge >= 0.3 is 5.97 Å². The SMILES string of the molecule is CCN(CC)C/C=C\c1cc(F)ccc1S(=O)(=O)Cc1ccc(-c2ccoc2)c(O)c1C(=O)OC. The molecule has 0 spiro atoms. The van der Waals surface area contributed by atoms with Gasteiger partial charge in [0.1, 0.15) is 17.1 Å². The van der Waals surface area contributed by atoms with Crippen molar-refractivity contribution in [1.82, 2.24) is 4.90 Å². The largest absolute Gasteiger partial charge is 0.506 e. The first kappa shape index (κ1) is 26.2. The van der Waals surface area contributed by atoms with E-state index in [0.717, 1.165) is 32.3 Å². The fourth-order valence-corrected chi connectivity index (χ4v) is 5.33. The van der Waals surface area contributed by atoms with Crippen molar-refractivity contribution >= 4 is 21.9 Å². The Morgan fingerprint density at radius 1 is 1.17 bits per heavy atom. The van der Waals surface area contributed by atoms with E-state index in [9.17, 15) is 22.7 Å². The second-order valence-electron chi connectivity index (χ2n) is 7.83. The van der Waals surface area contributed by atoms with Crippen molar-refractivity contribution in [3.05, 3.63) is 77.5 Å². The molecule has 0 unspecified atom stereocenters. The summed E-state index contributed by atoms with van der Waals surface area (Å²) in [5, 5.41) is 10.8. The Bertz CT molecular complexity index is 1310. The molecule has 0 saturated carbocycles. The van der Waals surface area contributed by atoms with Crippen molar-refractivity contribution in [2.24, 2.45) is 0 Å². The van der Waals surface area contributed by atoms with Gasteiger partial charge in [-0.1, -0.05) is 38.1 Å². The Hall–Kier alpha value is -3.43. The lowest BCUT2D eigenvalue weighted by Gasteiger charge is -2.15. The number of halogens is 1. The van der Waals surface area contributed by atoms with Gasteiger partial charge in [0.2, 0.25) is 0 Å². The molecule has 1 heterocycles. The average molecular weight is 502 g/mol. The molecule has 0 radical (unpaired) electrons. The summed E-state index contributed by atoms with van der Waals surface area (Å²) >= 11 is 0.